The zero-order chi connectivity index (χ0) is 26.2. The van der Waals surface area contributed by atoms with E-state index < -0.39 is 22.0 Å². The van der Waals surface area contributed by atoms with Crippen LogP contribution in [-0.4, -0.2) is 50.5 Å². The van der Waals surface area contributed by atoms with Crippen LogP contribution in [0.5, 0.6) is 0 Å². The van der Waals surface area contributed by atoms with Gasteiger partial charge in [-0.1, -0.05) is 62.2 Å². The number of nitrogens with one attached hydrogen (secondary N) is 1. The fourth-order valence-electron chi connectivity index (χ4n) is 3.90. The molecule has 2 amide bonds. The number of carbonyl (C=O) groups is 2. The molecule has 0 spiro atoms. The zero-order valence-corrected chi connectivity index (χ0v) is 22.6. The lowest BCUT2D eigenvalue weighted by molar-refractivity contribution is -0.140. The number of sulfonamides is 1. The molecule has 1 N–H and O–H groups in total. The van der Waals surface area contributed by atoms with E-state index in [0.717, 1.165) is 45.7 Å². The second kappa shape index (κ2) is 12.7. The molecule has 7 nitrogen and oxygen atoms in total. The summed E-state index contributed by atoms with van der Waals surface area (Å²) in [6, 6.07) is 12.6. The molecule has 0 radical (unpaired) electrons. The smallest absolute Gasteiger partial charge is 0.244 e. The molecular formula is C27H39N3O4S. The highest BCUT2D eigenvalue weighted by Gasteiger charge is 2.32. The van der Waals surface area contributed by atoms with E-state index in [2.05, 4.69) is 5.32 Å². The molecule has 0 fully saturated rings. The number of hydrogen-bond acceptors (Lipinski definition) is 4. The predicted molar refractivity (Wildman–Crippen MR) is 142 cm³/mol. The minimum atomic E-state index is -3.75. The number of aryl methyl sites for hydroxylation is 3. The van der Waals surface area contributed by atoms with E-state index in [1.165, 1.54) is 4.90 Å². The van der Waals surface area contributed by atoms with Crippen molar-refractivity contribution < 1.29 is 18.0 Å². The highest BCUT2D eigenvalue weighted by Crippen LogP contribution is 2.25. The summed E-state index contributed by atoms with van der Waals surface area (Å²) in [5, 5.41) is 2.93. The average Bonchev–Trinajstić information content (AvgIpc) is 2.79. The van der Waals surface area contributed by atoms with Gasteiger partial charge in [0.2, 0.25) is 21.8 Å². The lowest BCUT2D eigenvalue weighted by Gasteiger charge is -2.33. The molecule has 0 heterocycles. The van der Waals surface area contributed by atoms with Crippen molar-refractivity contribution in [1.82, 2.24) is 10.2 Å². The summed E-state index contributed by atoms with van der Waals surface area (Å²) >= 11 is 0. The number of amides is 2. The molecule has 2 aromatic rings. The minimum Gasteiger partial charge on any atom is -0.354 e. The number of anilines is 1. The lowest BCUT2D eigenvalue weighted by atomic mass is 10.1. The maximum atomic E-state index is 13.7. The van der Waals surface area contributed by atoms with Crippen LogP contribution in [0.3, 0.4) is 0 Å². The molecule has 192 valence electrons. The van der Waals surface area contributed by atoms with Crippen molar-refractivity contribution in [1.29, 1.82) is 0 Å². The van der Waals surface area contributed by atoms with E-state index in [4.69, 9.17) is 0 Å². The summed E-state index contributed by atoms with van der Waals surface area (Å²) in [5.41, 5.74) is 4.08. The first kappa shape index (κ1) is 28.4. The zero-order valence-electron chi connectivity index (χ0n) is 21.8. The third-order valence-corrected chi connectivity index (χ3v) is 7.13. The van der Waals surface area contributed by atoms with Crippen molar-refractivity contribution in [3.8, 4) is 0 Å². The van der Waals surface area contributed by atoms with Crippen molar-refractivity contribution in [3.63, 3.8) is 0 Å². The molecule has 2 rings (SSSR count). The Balaban J connectivity index is 2.43. The highest BCUT2D eigenvalue weighted by atomic mass is 32.2. The van der Waals surface area contributed by atoms with Gasteiger partial charge in [-0.05, 0) is 56.4 Å². The maximum absolute atomic E-state index is 13.7. The third kappa shape index (κ3) is 8.09. The van der Waals surface area contributed by atoms with Crippen LogP contribution < -0.4 is 9.62 Å². The molecule has 8 heteroatoms. The van der Waals surface area contributed by atoms with Crippen molar-refractivity contribution in [3.05, 3.63) is 64.7 Å². The van der Waals surface area contributed by atoms with Gasteiger partial charge in [0.25, 0.3) is 0 Å². The summed E-state index contributed by atoms with van der Waals surface area (Å²) in [6.07, 6.45) is 3.31. The Labute approximate surface area is 210 Å². The van der Waals surface area contributed by atoms with Crippen molar-refractivity contribution in [2.45, 2.75) is 66.5 Å². The summed E-state index contributed by atoms with van der Waals surface area (Å²) in [7, 11) is -3.75. The minimum absolute atomic E-state index is 0.212. The lowest BCUT2D eigenvalue weighted by Crippen LogP contribution is -2.52. The van der Waals surface area contributed by atoms with Gasteiger partial charge in [-0.15, -0.1) is 0 Å². The molecule has 2 aromatic carbocycles. The Morgan fingerprint density at radius 3 is 2.17 bits per heavy atom. The summed E-state index contributed by atoms with van der Waals surface area (Å²) in [5.74, 6) is -0.645. The van der Waals surface area contributed by atoms with Gasteiger partial charge in [-0.2, -0.15) is 0 Å². The van der Waals surface area contributed by atoms with Crippen LogP contribution in [0.15, 0.2) is 42.5 Å². The molecule has 0 bridgehead atoms. The number of benzene rings is 2. The third-order valence-electron chi connectivity index (χ3n) is 6.00. The van der Waals surface area contributed by atoms with Gasteiger partial charge in [-0.3, -0.25) is 13.9 Å². The largest absolute Gasteiger partial charge is 0.354 e. The molecule has 0 unspecified atom stereocenters. The number of rotatable bonds is 12. The molecule has 0 aromatic heterocycles. The van der Waals surface area contributed by atoms with Gasteiger partial charge < -0.3 is 10.2 Å². The van der Waals surface area contributed by atoms with Crippen LogP contribution in [0.4, 0.5) is 5.69 Å². The highest BCUT2D eigenvalue weighted by molar-refractivity contribution is 7.92. The van der Waals surface area contributed by atoms with E-state index in [-0.39, 0.29) is 19.0 Å². The van der Waals surface area contributed by atoms with Crippen LogP contribution in [0.2, 0.25) is 0 Å². The van der Waals surface area contributed by atoms with Gasteiger partial charge in [-0.25, -0.2) is 8.42 Å². The molecule has 1 atom stereocenters. The first-order valence-electron chi connectivity index (χ1n) is 12.2. The van der Waals surface area contributed by atoms with Crippen molar-refractivity contribution >= 4 is 27.5 Å². The molecule has 35 heavy (non-hydrogen) atoms. The fourth-order valence-corrected chi connectivity index (χ4v) is 4.80. The van der Waals surface area contributed by atoms with Gasteiger partial charge in [0, 0.05) is 13.1 Å². The van der Waals surface area contributed by atoms with Crippen molar-refractivity contribution in [2.24, 2.45) is 0 Å². The Bertz CT molecular complexity index is 1110. The van der Waals surface area contributed by atoms with Crippen LogP contribution in [0.1, 0.15) is 55.4 Å². The van der Waals surface area contributed by atoms with Crippen LogP contribution in [0.25, 0.3) is 0 Å². The first-order chi connectivity index (χ1) is 16.5. The summed E-state index contributed by atoms with van der Waals surface area (Å²) in [6.45, 7) is 9.95. The molecule has 0 aliphatic rings. The molecule has 0 saturated carbocycles. The Kier molecular flexibility index (Phi) is 10.3. The van der Waals surface area contributed by atoms with E-state index in [1.807, 2.05) is 71.0 Å². The molecule has 0 saturated heterocycles. The molecule has 0 aliphatic carbocycles. The van der Waals surface area contributed by atoms with E-state index in [1.54, 1.807) is 6.07 Å². The standard InChI is InChI=1S/C27H39N3O4S/c1-7-9-16-28-27(32)24(8-2)29(18-23-14-11-20(3)12-15-23)26(31)19-30(35(6,33)34)25-17-21(4)10-13-22(25)5/h10-15,17,24H,7-9,16,18-19H2,1-6H3,(H,28,32)/t24-/m0/s1. The van der Waals surface area contributed by atoms with Crippen LogP contribution >= 0.6 is 0 Å². The number of unbranched alkanes of at least 4 members (excludes halogenated alkanes) is 1. The van der Waals surface area contributed by atoms with Gasteiger partial charge >= 0.3 is 0 Å². The summed E-state index contributed by atoms with van der Waals surface area (Å²) < 4.78 is 26.7. The van der Waals surface area contributed by atoms with Crippen molar-refractivity contribution in [2.75, 3.05) is 23.7 Å². The topological polar surface area (TPSA) is 86.8 Å². The second-order valence-corrected chi connectivity index (χ2v) is 11.0. The summed E-state index contributed by atoms with van der Waals surface area (Å²) in [4.78, 5) is 28.3. The first-order valence-corrected chi connectivity index (χ1v) is 14.0. The Hall–Kier alpha value is -2.87. The van der Waals surface area contributed by atoms with Gasteiger partial charge in [0.1, 0.15) is 12.6 Å². The Morgan fingerprint density at radius 1 is 0.971 bits per heavy atom. The van der Waals surface area contributed by atoms with E-state index >= 15 is 0 Å². The predicted octanol–water partition coefficient (Wildman–Crippen LogP) is 4.10. The average molecular weight is 502 g/mol. The van der Waals surface area contributed by atoms with Crippen LogP contribution in [0, 0.1) is 20.8 Å². The van der Waals surface area contributed by atoms with Gasteiger partial charge in [0.15, 0.2) is 0 Å². The van der Waals surface area contributed by atoms with E-state index in [0.29, 0.717) is 18.7 Å². The quantitative estimate of drug-likeness (QED) is 0.444. The van der Waals surface area contributed by atoms with E-state index in [9.17, 15) is 18.0 Å². The number of hydrogen-bond donors (Lipinski definition) is 1. The van der Waals surface area contributed by atoms with Crippen LogP contribution in [-0.2, 0) is 26.2 Å². The second-order valence-electron chi connectivity index (χ2n) is 9.14. The number of carbonyl (C=O) groups excluding carboxylic acids is 2. The SMILES string of the molecule is CCCCNC(=O)[C@H](CC)N(Cc1ccc(C)cc1)C(=O)CN(c1cc(C)ccc1C)S(C)(=O)=O. The monoisotopic (exact) mass is 501 g/mol. The Morgan fingerprint density at radius 2 is 1.60 bits per heavy atom. The normalized spacial score (nSPS) is 12.2. The number of nitrogens with zero attached hydrogens (tertiary/aromatic N) is 2. The molecular weight excluding hydrogens is 462 g/mol. The maximum Gasteiger partial charge on any atom is 0.244 e. The molecule has 0 aliphatic heterocycles. The van der Waals surface area contributed by atoms with Gasteiger partial charge in [0.05, 0.1) is 11.9 Å². The fraction of sp³-hybridized carbons (Fsp3) is 0.481.